The van der Waals surface area contributed by atoms with Gasteiger partial charge in [-0.3, -0.25) is 5.01 Å². The molecule has 2 atom stereocenters. The van der Waals surface area contributed by atoms with E-state index in [2.05, 4.69) is 23.5 Å². The first-order chi connectivity index (χ1) is 8.54. The Morgan fingerprint density at radius 3 is 2.83 bits per heavy atom. The number of rotatable bonds is 5. The van der Waals surface area contributed by atoms with Crippen LogP contribution in [0.2, 0.25) is 0 Å². The molecule has 0 bridgehead atoms. The molecule has 102 valence electrons. The van der Waals surface area contributed by atoms with E-state index in [4.69, 9.17) is 17.3 Å². The fraction of sp³-hybridized carbons (Fsp3) is 0.667. The Morgan fingerprint density at radius 1 is 1.50 bits per heavy atom. The molecule has 6 N–H and O–H groups in total. The first-order valence-electron chi connectivity index (χ1n) is 6.32. The van der Waals surface area contributed by atoms with Crippen molar-refractivity contribution in [2.24, 2.45) is 33.2 Å². The average Bonchev–Trinajstić information content (AvgIpc) is 2.37. The van der Waals surface area contributed by atoms with Crippen molar-refractivity contribution in [2.75, 3.05) is 6.54 Å². The molecule has 0 aromatic heterocycles. The van der Waals surface area contributed by atoms with E-state index < -0.39 is 0 Å². The van der Waals surface area contributed by atoms with Gasteiger partial charge in [0.05, 0.1) is 6.54 Å². The number of hydrogen-bond acceptors (Lipinski definition) is 4. The number of hydrazine groups is 1. The monoisotopic (exact) mass is 252 g/mol. The van der Waals surface area contributed by atoms with Crippen molar-refractivity contribution in [3.05, 3.63) is 12.4 Å². The van der Waals surface area contributed by atoms with Crippen LogP contribution in [0.15, 0.2) is 22.4 Å². The summed E-state index contributed by atoms with van der Waals surface area (Å²) < 4.78 is 0. The van der Waals surface area contributed by atoms with E-state index >= 15 is 0 Å². The highest BCUT2D eigenvalue weighted by Crippen LogP contribution is 2.27. The molecule has 2 unspecified atom stereocenters. The number of amidine groups is 1. The molecule has 0 aliphatic heterocycles. The van der Waals surface area contributed by atoms with E-state index in [1.807, 2.05) is 0 Å². The third-order valence-electron chi connectivity index (χ3n) is 3.24. The van der Waals surface area contributed by atoms with Crippen molar-refractivity contribution in [3.63, 3.8) is 0 Å². The topological polar surface area (TPSA) is 106 Å². The zero-order valence-corrected chi connectivity index (χ0v) is 11.0. The maximum atomic E-state index is 6.02. The smallest absolute Gasteiger partial charge is 0.137 e. The Labute approximate surface area is 109 Å². The van der Waals surface area contributed by atoms with Gasteiger partial charge < -0.3 is 11.5 Å². The minimum atomic E-state index is 0.213. The van der Waals surface area contributed by atoms with E-state index in [9.17, 15) is 0 Å². The Balaban J connectivity index is 2.50. The molecule has 0 heterocycles. The maximum absolute atomic E-state index is 6.02. The van der Waals surface area contributed by atoms with Crippen LogP contribution in [0.1, 0.15) is 32.6 Å². The molecule has 6 heteroatoms. The van der Waals surface area contributed by atoms with Crippen LogP contribution < -0.4 is 17.3 Å². The molecule has 1 aliphatic carbocycles. The maximum Gasteiger partial charge on any atom is 0.137 e. The predicted octanol–water partition coefficient (Wildman–Crippen LogP) is 0.556. The molecule has 0 spiro atoms. The summed E-state index contributed by atoms with van der Waals surface area (Å²) in [7, 11) is 0. The summed E-state index contributed by atoms with van der Waals surface area (Å²) in [5.74, 6) is 7.56. The van der Waals surface area contributed by atoms with Crippen molar-refractivity contribution >= 4 is 12.2 Å². The lowest BCUT2D eigenvalue weighted by Gasteiger charge is -2.34. The van der Waals surface area contributed by atoms with E-state index in [0.29, 0.717) is 23.6 Å². The van der Waals surface area contributed by atoms with E-state index in [1.165, 1.54) is 19.2 Å². The number of hydrogen-bond donors (Lipinski definition) is 3. The summed E-state index contributed by atoms with van der Waals surface area (Å²) >= 11 is 0. The van der Waals surface area contributed by atoms with Gasteiger partial charge in [0.2, 0.25) is 0 Å². The summed E-state index contributed by atoms with van der Waals surface area (Å²) in [6.07, 6.45) is 5.99. The summed E-state index contributed by atoms with van der Waals surface area (Å²) in [6.45, 7) is 6.30. The van der Waals surface area contributed by atoms with Gasteiger partial charge in [0.1, 0.15) is 18.0 Å². The average molecular weight is 252 g/mol. The first-order valence-corrected chi connectivity index (χ1v) is 6.32. The highest BCUT2D eigenvalue weighted by molar-refractivity contribution is 5.88. The van der Waals surface area contributed by atoms with Crippen LogP contribution in [0, 0.1) is 5.92 Å². The Morgan fingerprint density at radius 2 is 2.22 bits per heavy atom. The van der Waals surface area contributed by atoms with Crippen molar-refractivity contribution in [1.29, 1.82) is 0 Å². The Bertz CT molecular complexity index is 335. The third kappa shape index (κ3) is 4.46. The fourth-order valence-electron chi connectivity index (χ4n) is 2.15. The lowest BCUT2D eigenvalue weighted by Crippen LogP contribution is -2.42. The normalized spacial score (nSPS) is 25.4. The standard InChI is InChI=1S/C12H24N6/c1-9-4-3-5-11(6-9)18(15)10(2)16-8-17-12(14)7-13/h8-9,11H,2-7,13,15H2,1H3,(H2,14,16,17). The highest BCUT2D eigenvalue weighted by Gasteiger charge is 2.23. The van der Waals surface area contributed by atoms with Gasteiger partial charge in [-0.2, -0.15) is 0 Å². The minimum absolute atomic E-state index is 0.213. The van der Waals surface area contributed by atoms with Crippen LogP contribution in [-0.2, 0) is 0 Å². The van der Waals surface area contributed by atoms with E-state index in [-0.39, 0.29) is 6.54 Å². The van der Waals surface area contributed by atoms with Crippen LogP contribution in [0.25, 0.3) is 0 Å². The van der Waals surface area contributed by atoms with Gasteiger partial charge >= 0.3 is 0 Å². The number of nitrogens with two attached hydrogens (primary N) is 3. The molecule has 1 fully saturated rings. The molecule has 6 nitrogen and oxygen atoms in total. The lowest BCUT2D eigenvalue weighted by atomic mass is 9.87. The van der Waals surface area contributed by atoms with Gasteiger partial charge in [-0.1, -0.05) is 26.3 Å². The second kappa shape index (κ2) is 7.13. The molecule has 1 saturated carbocycles. The van der Waals surface area contributed by atoms with Crippen LogP contribution in [-0.4, -0.2) is 29.8 Å². The summed E-state index contributed by atoms with van der Waals surface area (Å²) in [5.41, 5.74) is 10.8. The third-order valence-corrected chi connectivity index (χ3v) is 3.24. The van der Waals surface area contributed by atoms with Crippen LogP contribution >= 0.6 is 0 Å². The van der Waals surface area contributed by atoms with Gasteiger partial charge in [0, 0.05) is 6.04 Å². The van der Waals surface area contributed by atoms with Crippen molar-refractivity contribution < 1.29 is 0 Å². The predicted molar refractivity (Wildman–Crippen MR) is 75.8 cm³/mol. The highest BCUT2D eigenvalue weighted by atomic mass is 15.5. The lowest BCUT2D eigenvalue weighted by molar-refractivity contribution is 0.173. The zero-order chi connectivity index (χ0) is 13.5. The van der Waals surface area contributed by atoms with Crippen molar-refractivity contribution in [1.82, 2.24) is 5.01 Å². The molecule has 0 saturated heterocycles. The van der Waals surface area contributed by atoms with Gasteiger partial charge in [-0.15, -0.1) is 0 Å². The summed E-state index contributed by atoms with van der Waals surface area (Å²) in [6, 6.07) is 0.314. The minimum Gasteiger partial charge on any atom is -0.386 e. The van der Waals surface area contributed by atoms with Crippen molar-refractivity contribution in [3.8, 4) is 0 Å². The number of aliphatic imine (C=N–C) groups is 2. The molecule has 0 aromatic rings. The first kappa shape index (κ1) is 14.7. The molecule has 1 rings (SSSR count). The van der Waals surface area contributed by atoms with Crippen LogP contribution in [0.4, 0.5) is 0 Å². The molecular formula is C12H24N6. The zero-order valence-electron chi connectivity index (χ0n) is 11.0. The quantitative estimate of drug-likeness (QED) is 0.287. The Hall–Kier alpha value is -1.40. The summed E-state index contributed by atoms with van der Waals surface area (Å²) in [5, 5.41) is 1.64. The second-order valence-corrected chi connectivity index (χ2v) is 4.82. The second-order valence-electron chi connectivity index (χ2n) is 4.82. The van der Waals surface area contributed by atoms with Crippen LogP contribution in [0.3, 0.4) is 0 Å². The fourth-order valence-corrected chi connectivity index (χ4v) is 2.15. The molecule has 0 radical (unpaired) electrons. The van der Waals surface area contributed by atoms with E-state index in [1.54, 1.807) is 5.01 Å². The SMILES string of the molecule is C=C(/N=C\N=C(\N)CN)N(N)C1CCCC(C)C1. The molecule has 18 heavy (non-hydrogen) atoms. The van der Waals surface area contributed by atoms with Gasteiger partial charge in [-0.25, -0.2) is 15.8 Å². The molecule has 0 amide bonds. The molecular weight excluding hydrogens is 228 g/mol. The van der Waals surface area contributed by atoms with Gasteiger partial charge in [0.25, 0.3) is 0 Å². The van der Waals surface area contributed by atoms with Gasteiger partial charge in [0.15, 0.2) is 0 Å². The van der Waals surface area contributed by atoms with Gasteiger partial charge in [-0.05, 0) is 18.8 Å². The van der Waals surface area contributed by atoms with Crippen LogP contribution in [0.5, 0.6) is 0 Å². The van der Waals surface area contributed by atoms with E-state index in [0.717, 1.165) is 12.8 Å². The molecule has 0 aromatic carbocycles. The molecule has 1 aliphatic rings. The number of nitrogens with zero attached hydrogens (tertiary/aromatic N) is 3. The largest absolute Gasteiger partial charge is 0.386 e. The Kier molecular flexibility index (Phi) is 5.80. The summed E-state index contributed by atoms with van der Waals surface area (Å²) in [4.78, 5) is 7.93. The van der Waals surface area contributed by atoms with Crippen molar-refractivity contribution in [2.45, 2.75) is 38.6 Å².